The molecule has 2 rings (SSSR count). The van der Waals surface area contributed by atoms with Gasteiger partial charge in [0.05, 0.1) is 12.6 Å². The average molecular weight is 587 g/mol. The molecule has 0 aliphatic carbocycles. The summed E-state index contributed by atoms with van der Waals surface area (Å²) >= 11 is 0. The van der Waals surface area contributed by atoms with Crippen molar-refractivity contribution in [2.75, 3.05) is 40.8 Å². The first-order valence-corrected chi connectivity index (χ1v) is 15.0. The number of carbonyl (C=O) groups is 4. The molecule has 4 atom stereocenters. The Bertz CT molecular complexity index is 1080. The number of rotatable bonds is 13. The van der Waals surface area contributed by atoms with E-state index >= 15 is 0 Å². The highest BCUT2D eigenvalue weighted by Crippen LogP contribution is 2.29. The molecule has 10 nitrogen and oxygen atoms in total. The van der Waals surface area contributed by atoms with E-state index in [-0.39, 0.29) is 36.2 Å². The Kier molecular flexibility index (Phi) is 12.1. The van der Waals surface area contributed by atoms with Crippen LogP contribution < -0.4 is 16.4 Å². The Morgan fingerprint density at radius 2 is 1.62 bits per heavy atom. The monoisotopic (exact) mass is 586 g/mol. The first kappa shape index (κ1) is 35.2. The highest BCUT2D eigenvalue weighted by molar-refractivity contribution is 5.91. The number of hydrogen-bond donors (Lipinski definition) is 3. The molecule has 0 saturated carbocycles. The van der Waals surface area contributed by atoms with E-state index in [1.165, 1.54) is 0 Å². The largest absolute Gasteiger partial charge is 0.368 e. The van der Waals surface area contributed by atoms with Crippen molar-refractivity contribution >= 4 is 23.6 Å². The number of benzene rings is 1. The normalized spacial score (nSPS) is 18.1. The van der Waals surface area contributed by atoms with Crippen LogP contribution in [0, 0.1) is 11.3 Å². The zero-order valence-corrected chi connectivity index (χ0v) is 27.4. The van der Waals surface area contributed by atoms with Gasteiger partial charge in [-0.2, -0.15) is 0 Å². The smallest absolute Gasteiger partial charge is 0.245 e. The molecule has 1 saturated heterocycles. The fraction of sp³-hybridized carbons (Fsp3) is 0.688. The van der Waals surface area contributed by atoms with E-state index in [0.29, 0.717) is 19.5 Å². The first-order chi connectivity index (χ1) is 19.4. The molecule has 0 spiro atoms. The van der Waals surface area contributed by atoms with Crippen LogP contribution >= 0.6 is 0 Å². The lowest BCUT2D eigenvalue weighted by molar-refractivity contribution is -0.142. The van der Waals surface area contributed by atoms with E-state index in [2.05, 4.69) is 10.6 Å². The van der Waals surface area contributed by atoms with Gasteiger partial charge in [-0.25, -0.2) is 0 Å². The number of amides is 4. The summed E-state index contributed by atoms with van der Waals surface area (Å²) in [6.07, 6.45) is 1.35. The molecular formula is C32H54N6O4. The van der Waals surface area contributed by atoms with Crippen molar-refractivity contribution < 1.29 is 19.2 Å². The minimum atomic E-state index is -0.772. The lowest BCUT2D eigenvalue weighted by atomic mass is 9.76. The molecule has 0 radical (unpaired) electrons. The molecule has 1 fully saturated rings. The SMILES string of the molecule is CN[C@H](C(=O)N[C@H](C(=O)N(C)[C@H](CN(C)CC(=O)N1CCC[C@H]1C(N)=O)C(C)C)C(C)(C)C)C(C)(C)c1ccccc1. The van der Waals surface area contributed by atoms with Gasteiger partial charge in [-0.1, -0.05) is 78.8 Å². The van der Waals surface area contributed by atoms with Crippen LogP contribution in [0.4, 0.5) is 0 Å². The molecule has 0 unspecified atom stereocenters. The summed E-state index contributed by atoms with van der Waals surface area (Å²) < 4.78 is 0. The van der Waals surface area contributed by atoms with Gasteiger partial charge >= 0.3 is 0 Å². The molecule has 0 aromatic heterocycles. The Labute approximate surface area is 252 Å². The summed E-state index contributed by atoms with van der Waals surface area (Å²) in [6.45, 7) is 15.0. The van der Waals surface area contributed by atoms with Crippen molar-refractivity contribution in [3.63, 3.8) is 0 Å². The van der Waals surface area contributed by atoms with Crippen molar-refractivity contribution in [1.29, 1.82) is 0 Å². The van der Waals surface area contributed by atoms with Gasteiger partial charge in [0.15, 0.2) is 0 Å². The summed E-state index contributed by atoms with van der Waals surface area (Å²) in [7, 11) is 5.36. The van der Waals surface area contributed by atoms with Gasteiger partial charge < -0.3 is 26.2 Å². The van der Waals surface area contributed by atoms with Crippen molar-refractivity contribution in [2.45, 2.75) is 90.9 Å². The van der Waals surface area contributed by atoms with Crippen molar-refractivity contribution in [2.24, 2.45) is 17.1 Å². The molecule has 1 aromatic rings. The number of hydrogen-bond acceptors (Lipinski definition) is 6. The quantitative estimate of drug-likeness (QED) is 0.324. The standard InChI is InChI=1S/C32H54N6O4/c1-21(2)24(19-36(9)20-25(39)38-18-14-17-23(38)28(33)40)37(10)30(42)27(31(3,4)5)35-29(41)26(34-8)32(6,7)22-15-12-11-13-16-22/h11-13,15-16,21,23-24,26-27,34H,14,17-20H2,1-10H3,(H2,33,40)(H,35,41)/t23-,24+,26+,27+/m0/s1. The van der Waals surface area contributed by atoms with Crippen LogP contribution in [0.5, 0.6) is 0 Å². The van der Waals surface area contributed by atoms with Crippen LogP contribution in [0.3, 0.4) is 0 Å². The predicted octanol–water partition coefficient (Wildman–Crippen LogP) is 1.97. The van der Waals surface area contributed by atoms with E-state index in [1.807, 2.05) is 90.7 Å². The minimum absolute atomic E-state index is 0.0834. The lowest BCUT2D eigenvalue weighted by Gasteiger charge is -2.41. The summed E-state index contributed by atoms with van der Waals surface area (Å²) in [5.74, 6) is -0.965. The molecule has 42 heavy (non-hydrogen) atoms. The molecule has 236 valence electrons. The second kappa shape index (κ2) is 14.5. The van der Waals surface area contributed by atoms with Gasteiger partial charge in [-0.15, -0.1) is 0 Å². The zero-order valence-electron chi connectivity index (χ0n) is 27.4. The number of nitrogens with one attached hydrogen (secondary N) is 2. The molecule has 1 aliphatic heterocycles. The minimum Gasteiger partial charge on any atom is -0.368 e. The second-order valence-electron chi connectivity index (χ2n) is 13.7. The Morgan fingerprint density at radius 1 is 1.02 bits per heavy atom. The van der Waals surface area contributed by atoms with Crippen LogP contribution in [0.15, 0.2) is 30.3 Å². The summed E-state index contributed by atoms with van der Waals surface area (Å²) in [5.41, 5.74) is 5.43. The van der Waals surface area contributed by atoms with Gasteiger partial charge in [0.25, 0.3) is 0 Å². The third-order valence-electron chi connectivity index (χ3n) is 8.61. The zero-order chi connectivity index (χ0) is 32.0. The number of nitrogens with zero attached hydrogens (tertiary/aromatic N) is 3. The lowest BCUT2D eigenvalue weighted by Crippen LogP contribution is -2.62. The van der Waals surface area contributed by atoms with Crippen LogP contribution in [-0.4, -0.2) is 103 Å². The maximum Gasteiger partial charge on any atom is 0.245 e. The molecule has 1 heterocycles. The van der Waals surface area contributed by atoms with Gasteiger partial charge in [-0.05, 0) is 43.8 Å². The van der Waals surface area contributed by atoms with Gasteiger partial charge in [0.2, 0.25) is 23.6 Å². The van der Waals surface area contributed by atoms with Gasteiger partial charge in [0.1, 0.15) is 12.1 Å². The number of likely N-dealkylation sites (tertiary alicyclic amines) is 1. The van der Waals surface area contributed by atoms with Crippen molar-refractivity contribution in [3.05, 3.63) is 35.9 Å². The topological polar surface area (TPSA) is 128 Å². The van der Waals surface area contributed by atoms with Gasteiger partial charge in [0, 0.05) is 31.6 Å². The van der Waals surface area contributed by atoms with E-state index in [0.717, 1.165) is 12.0 Å². The van der Waals surface area contributed by atoms with E-state index in [1.54, 1.807) is 23.9 Å². The molecule has 1 aromatic carbocycles. The second-order valence-corrected chi connectivity index (χ2v) is 13.7. The third-order valence-corrected chi connectivity index (χ3v) is 8.61. The Balaban J connectivity index is 2.20. The highest BCUT2D eigenvalue weighted by Gasteiger charge is 2.42. The highest BCUT2D eigenvalue weighted by atomic mass is 16.2. The van der Waals surface area contributed by atoms with E-state index in [4.69, 9.17) is 5.73 Å². The van der Waals surface area contributed by atoms with Crippen LogP contribution in [0.1, 0.15) is 66.9 Å². The Hall–Kier alpha value is -2.98. The summed E-state index contributed by atoms with van der Waals surface area (Å²) in [5, 5.41) is 6.26. The molecule has 0 bridgehead atoms. The fourth-order valence-electron chi connectivity index (χ4n) is 5.94. The number of likely N-dealkylation sites (N-methyl/N-ethyl adjacent to an activating group) is 3. The maximum absolute atomic E-state index is 14.1. The predicted molar refractivity (Wildman–Crippen MR) is 167 cm³/mol. The molecule has 4 N–H and O–H groups in total. The number of nitrogens with two attached hydrogens (primary N) is 1. The average Bonchev–Trinajstić information content (AvgIpc) is 3.40. The first-order valence-electron chi connectivity index (χ1n) is 15.0. The molecule has 10 heteroatoms. The van der Waals surface area contributed by atoms with Crippen molar-refractivity contribution in [1.82, 2.24) is 25.3 Å². The number of carbonyl (C=O) groups excluding carboxylic acids is 4. The summed E-state index contributed by atoms with van der Waals surface area (Å²) in [4.78, 5) is 57.8. The Morgan fingerprint density at radius 3 is 2.12 bits per heavy atom. The maximum atomic E-state index is 14.1. The molecule has 4 amide bonds. The van der Waals surface area contributed by atoms with E-state index < -0.39 is 34.9 Å². The third kappa shape index (κ3) is 8.53. The summed E-state index contributed by atoms with van der Waals surface area (Å²) in [6, 6.07) is 7.74. The van der Waals surface area contributed by atoms with Crippen molar-refractivity contribution in [3.8, 4) is 0 Å². The molecule has 1 aliphatic rings. The number of primary amides is 1. The van der Waals surface area contributed by atoms with Gasteiger partial charge in [-0.3, -0.25) is 24.1 Å². The van der Waals surface area contributed by atoms with Crippen LogP contribution in [0.25, 0.3) is 0 Å². The molecular weight excluding hydrogens is 532 g/mol. The van der Waals surface area contributed by atoms with Crippen LogP contribution in [0.2, 0.25) is 0 Å². The van der Waals surface area contributed by atoms with E-state index in [9.17, 15) is 19.2 Å². The van der Waals surface area contributed by atoms with Crippen LogP contribution in [-0.2, 0) is 24.6 Å². The fourth-order valence-corrected chi connectivity index (χ4v) is 5.94.